The highest BCUT2D eigenvalue weighted by Gasteiger charge is 2.04. The highest BCUT2D eigenvalue weighted by Crippen LogP contribution is 2.24. The van der Waals surface area contributed by atoms with Gasteiger partial charge in [0.2, 0.25) is 0 Å². The maximum Gasteiger partial charge on any atom is 0.0241 e. The highest BCUT2D eigenvalue weighted by molar-refractivity contribution is 5.81. The zero-order valence-electron chi connectivity index (χ0n) is 12.0. The second-order valence-electron chi connectivity index (χ2n) is 4.77. The number of hydrogen-bond acceptors (Lipinski definition) is 1. The molecular formula is C20H19N. The summed E-state index contributed by atoms with van der Waals surface area (Å²) in [5.41, 5.74) is 10.4. The first kappa shape index (κ1) is 14.6. The number of hydrogen-bond donors (Lipinski definition) is 1. The number of rotatable bonds is 5. The van der Waals surface area contributed by atoms with E-state index in [0.717, 1.165) is 22.3 Å². The van der Waals surface area contributed by atoms with Crippen LogP contribution in [-0.4, -0.2) is 0 Å². The number of benzene rings is 2. The molecule has 0 bridgehead atoms. The molecule has 2 aromatic rings. The van der Waals surface area contributed by atoms with E-state index in [1.54, 1.807) is 6.08 Å². The van der Waals surface area contributed by atoms with Crippen LogP contribution in [-0.2, 0) is 0 Å². The second-order valence-corrected chi connectivity index (χ2v) is 4.77. The molecule has 1 heteroatoms. The van der Waals surface area contributed by atoms with Gasteiger partial charge >= 0.3 is 0 Å². The smallest absolute Gasteiger partial charge is 0.0241 e. The monoisotopic (exact) mass is 273 g/mol. The summed E-state index contributed by atoms with van der Waals surface area (Å²) in [4.78, 5) is 0. The van der Waals surface area contributed by atoms with E-state index in [0.29, 0.717) is 5.70 Å². The van der Waals surface area contributed by atoms with Crippen molar-refractivity contribution in [3.8, 4) is 0 Å². The van der Waals surface area contributed by atoms with Crippen molar-refractivity contribution in [2.45, 2.75) is 0 Å². The average molecular weight is 273 g/mol. The van der Waals surface area contributed by atoms with Crippen LogP contribution in [0.5, 0.6) is 0 Å². The summed E-state index contributed by atoms with van der Waals surface area (Å²) in [6, 6.07) is 20.5. The molecule has 0 aliphatic heterocycles. The van der Waals surface area contributed by atoms with Crippen LogP contribution < -0.4 is 5.73 Å². The van der Waals surface area contributed by atoms with Crippen LogP contribution in [0.2, 0.25) is 0 Å². The molecule has 0 radical (unpaired) electrons. The molecule has 2 aromatic carbocycles. The van der Waals surface area contributed by atoms with Crippen molar-refractivity contribution in [1.82, 2.24) is 0 Å². The van der Waals surface area contributed by atoms with E-state index in [4.69, 9.17) is 5.73 Å². The van der Waals surface area contributed by atoms with Gasteiger partial charge in [0.1, 0.15) is 0 Å². The molecule has 0 aliphatic carbocycles. The largest absolute Gasteiger partial charge is 0.399 e. The van der Waals surface area contributed by atoms with Gasteiger partial charge in [-0.25, -0.2) is 0 Å². The molecule has 104 valence electrons. The zero-order chi connectivity index (χ0) is 15.1. The standard InChI is InChI=1S/C20H19N/c1-16(13-14-17(2)21)15-20(18-9-5-3-6-10-18)19-11-7-4-8-12-19/h3-15H,1-2,21H2/b14-13-. The fourth-order valence-electron chi connectivity index (χ4n) is 2.02. The van der Waals surface area contributed by atoms with Crippen molar-refractivity contribution >= 4 is 5.57 Å². The Morgan fingerprint density at radius 1 is 0.762 bits per heavy atom. The number of allylic oxidation sites excluding steroid dienone is 4. The predicted molar refractivity (Wildman–Crippen MR) is 91.6 cm³/mol. The molecule has 0 aliphatic rings. The summed E-state index contributed by atoms with van der Waals surface area (Å²) in [7, 11) is 0. The lowest BCUT2D eigenvalue weighted by molar-refractivity contribution is 1.45. The fourth-order valence-corrected chi connectivity index (χ4v) is 2.02. The third-order valence-corrected chi connectivity index (χ3v) is 3.01. The van der Waals surface area contributed by atoms with Gasteiger partial charge in [-0.15, -0.1) is 0 Å². The molecule has 21 heavy (non-hydrogen) atoms. The van der Waals surface area contributed by atoms with Gasteiger partial charge in [-0.3, -0.25) is 0 Å². The molecule has 0 fully saturated rings. The predicted octanol–water partition coefficient (Wildman–Crippen LogP) is 4.70. The van der Waals surface area contributed by atoms with E-state index in [1.165, 1.54) is 0 Å². The topological polar surface area (TPSA) is 26.0 Å². The lowest BCUT2D eigenvalue weighted by atomic mass is 9.96. The van der Waals surface area contributed by atoms with Crippen LogP contribution in [0.15, 0.2) is 103 Å². The summed E-state index contributed by atoms with van der Waals surface area (Å²) in [5, 5.41) is 0. The summed E-state index contributed by atoms with van der Waals surface area (Å²) < 4.78 is 0. The Hall–Kier alpha value is -2.80. The van der Waals surface area contributed by atoms with Crippen LogP contribution in [0.25, 0.3) is 5.57 Å². The minimum absolute atomic E-state index is 0.519. The molecule has 0 saturated heterocycles. The van der Waals surface area contributed by atoms with Crippen LogP contribution in [0.4, 0.5) is 0 Å². The molecule has 2 N–H and O–H groups in total. The first-order chi connectivity index (χ1) is 10.2. The third-order valence-electron chi connectivity index (χ3n) is 3.01. The molecular weight excluding hydrogens is 254 g/mol. The maximum atomic E-state index is 5.55. The first-order valence-corrected chi connectivity index (χ1v) is 6.81. The normalized spacial score (nSPS) is 10.3. The summed E-state index contributed by atoms with van der Waals surface area (Å²) in [5.74, 6) is 0. The minimum Gasteiger partial charge on any atom is -0.399 e. The van der Waals surface area contributed by atoms with Crippen molar-refractivity contribution in [2.24, 2.45) is 5.73 Å². The van der Waals surface area contributed by atoms with Crippen LogP contribution in [0, 0.1) is 0 Å². The van der Waals surface area contributed by atoms with E-state index in [1.807, 2.05) is 42.5 Å². The lowest BCUT2D eigenvalue weighted by Gasteiger charge is -2.09. The molecule has 0 unspecified atom stereocenters. The van der Waals surface area contributed by atoms with E-state index < -0.39 is 0 Å². The maximum absolute atomic E-state index is 5.55. The fraction of sp³-hybridized carbons (Fsp3) is 0. The molecule has 0 atom stereocenters. The Kier molecular flexibility index (Phi) is 4.94. The molecule has 0 amide bonds. The first-order valence-electron chi connectivity index (χ1n) is 6.81. The molecule has 0 saturated carbocycles. The molecule has 2 rings (SSSR count). The number of nitrogens with two attached hydrogens (primary N) is 1. The van der Waals surface area contributed by atoms with Crippen molar-refractivity contribution < 1.29 is 0 Å². The van der Waals surface area contributed by atoms with Gasteiger partial charge < -0.3 is 5.73 Å². The van der Waals surface area contributed by atoms with E-state index in [2.05, 4.69) is 43.5 Å². The molecule has 1 nitrogen and oxygen atoms in total. The van der Waals surface area contributed by atoms with Crippen molar-refractivity contribution in [3.05, 3.63) is 114 Å². The zero-order valence-corrected chi connectivity index (χ0v) is 12.0. The SMILES string of the molecule is C=C(N)/C=C\C(=C)C=C(c1ccccc1)c1ccccc1. The van der Waals surface area contributed by atoms with Gasteiger partial charge in [0.05, 0.1) is 0 Å². The highest BCUT2D eigenvalue weighted by atomic mass is 14.5. The van der Waals surface area contributed by atoms with Crippen LogP contribution in [0.3, 0.4) is 0 Å². The van der Waals surface area contributed by atoms with Gasteiger partial charge in [0.15, 0.2) is 0 Å². The van der Waals surface area contributed by atoms with Crippen LogP contribution in [0.1, 0.15) is 11.1 Å². The quantitative estimate of drug-likeness (QED) is 0.785. The Labute approximate surface area is 126 Å². The summed E-state index contributed by atoms with van der Waals surface area (Å²) in [6.07, 6.45) is 5.69. The average Bonchev–Trinajstić information content (AvgIpc) is 2.52. The lowest BCUT2D eigenvalue weighted by Crippen LogP contribution is -1.90. The molecule has 0 spiro atoms. The van der Waals surface area contributed by atoms with Gasteiger partial charge in [0.25, 0.3) is 0 Å². The van der Waals surface area contributed by atoms with Crippen LogP contribution >= 0.6 is 0 Å². The van der Waals surface area contributed by atoms with Crippen molar-refractivity contribution in [2.75, 3.05) is 0 Å². The Bertz CT molecular complexity index is 635. The van der Waals surface area contributed by atoms with Gasteiger partial charge in [-0.1, -0.05) is 79.9 Å². The minimum atomic E-state index is 0.519. The van der Waals surface area contributed by atoms with Gasteiger partial charge in [0, 0.05) is 5.70 Å². The van der Waals surface area contributed by atoms with Gasteiger partial charge in [-0.05, 0) is 34.4 Å². The van der Waals surface area contributed by atoms with E-state index >= 15 is 0 Å². The van der Waals surface area contributed by atoms with Crippen molar-refractivity contribution in [3.63, 3.8) is 0 Å². The Morgan fingerprint density at radius 3 is 1.67 bits per heavy atom. The molecule has 0 heterocycles. The summed E-state index contributed by atoms with van der Waals surface area (Å²) >= 11 is 0. The summed E-state index contributed by atoms with van der Waals surface area (Å²) in [6.45, 7) is 7.71. The van der Waals surface area contributed by atoms with Gasteiger partial charge in [-0.2, -0.15) is 0 Å². The van der Waals surface area contributed by atoms with E-state index in [9.17, 15) is 0 Å². The molecule has 0 aromatic heterocycles. The second kappa shape index (κ2) is 7.11. The van der Waals surface area contributed by atoms with E-state index in [-0.39, 0.29) is 0 Å². The third kappa shape index (κ3) is 4.36. The van der Waals surface area contributed by atoms with Crippen molar-refractivity contribution in [1.29, 1.82) is 0 Å². The Morgan fingerprint density at radius 2 is 1.24 bits per heavy atom. The Balaban J connectivity index is 2.42.